The quantitative estimate of drug-likeness (QED) is 0.870. The van der Waals surface area contributed by atoms with Crippen molar-refractivity contribution in [3.63, 3.8) is 0 Å². The molecule has 20 heavy (non-hydrogen) atoms. The minimum Gasteiger partial charge on any atom is -0.357 e. The second-order valence-corrected chi connectivity index (χ2v) is 5.33. The molecule has 1 aliphatic heterocycles. The fourth-order valence-electron chi connectivity index (χ4n) is 3.18. The van der Waals surface area contributed by atoms with E-state index in [4.69, 9.17) is 0 Å². The molecule has 0 radical (unpaired) electrons. The first-order valence-electron chi connectivity index (χ1n) is 6.89. The largest absolute Gasteiger partial charge is 0.357 e. The zero-order valence-electron chi connectivity index (χ0n) is 11.3. The summed E-state index contributed by atoms with van der Waals surface area (Å²) in [5, 5.41) is 7.07. The van der Waals surface area contributed by atoms with E-state index in [0.29, 0.717) is 17.9 Å². The van der Waals surface area contributed by atoms with Crippen molar-refractivity contribution >= 4 is 11.9 Å². The maximum absolute atomic E-state index is 4.55. The van der Waals surface area contributed by atoms with Crippen molar-refractivity contribution < 1.29 is 0 Å². The second-order valence-electron chi connectivity index (χ2n) is 5.33. The van der Waals surface area contributed by atoms with Gasteiger partial charge in [0.2, 0.25) is 11.9 Å². The van der Waals surface area contributed by atoms with Crippen LogP contribution >= 0.6 is 0 Å². The molecular weight excluding hydrogens is 256 g/mol. The molecule has 1 saturated heterocycles. The zero-order valence-corrected chi connectivity index (χ0v) is 11.3. The van der Waals surface area contributed by atoms with Gasteiger partial charge in [-0.2, -0.15) is 24.7 Å². The van der Waals surface area contributed by atoms with Crippen LogP contribution in [0.25, 0.3) is 5.95 Å². The van der Waals surface area contributed by atoms with Crippen molar-refractivity contribution in [1.29, 1.82) is 0 Å². The molecule has 2 aliphatic rings. The second kappa shape index (κ2) is 4.39. The van der Waals surface area contributed by atoms with E-state index in [1.807, 2.05) is 0 Å². The van der Waals surface area contributed by atoms with Crippen molar-refractivity contribution in [2.24, 2.45) is 5.92 Å². The highest BCUT2D eigenvalue weighted by Gasteiger charge is 2.39. The summed E-state index contributed by atoms with van der Waals surface area (Å²) in [5.41, 5.74) is 0. The minimum atomic E-state index is 0.500. The molecule has 2 aromatic heterocycles. The number of piperidine rings is 1. The molecule has 2 atom stereocenters. The lowest BCUT2D eigenvalue weighted by atomic mass is 10.1. The number of hydrogen-bond acceptors (Lipinski definition) is 7. The molecule has 104 valence electrons. The highest BCUT2D eigenvalue weighted by molar-refractivity contribution is 5.42. The van der Waals surface area contributed by atoms with Crippen LogP contribution in [0.2, 0.25) is 0 Å². The molecule has 0 aromatic carbocycles. The number of aromatic nitrogens is 6. The van der Waals surface area contributed by atoms with Crippen molar-refractivity contribution in [1.82, 2.24) is 29.7 Å². The van der Waals surface area contributed by atoms with E-state index in [1.165, 1.54) is 25.6 Å². The van der Waals surface area contributed by atoms with Gasteiger partial charge in [0.25, 0.3) is 5.95 Å². The van der Waals surface area contributed by atoms with Gasteiger partial charge in [-0.3, -0.25) is 0 Å². The first-order valence-corrected chi connectivity index (χ1v) is 6.89. The number of rotatable bonds is 3. The molecule has 4 rings (SSSR count). The van der Waals surface area contributed by atoms with Gasteiger partial charge in [0.15, 0.2) is 0 Å². The summed E-state index contributed by atoms with van der Waals surface area (Å²) >= 11 is 0. The van der Waals surface area contributed by atoms with Gasteiger partial charge in [-0.05, 0) is 25.2 Å². The van der Waals surface area contributed by atoms with Gasteiger partial charge in [0.1, 0.15) is 12.7 Å². The summed E-state index contributed by atoms with van der Waals surface area (Å²) in [4.78, 5) is 19.6. The van der Waals surface area contributed by atoms with Crippen LogP contribution in [0, 0.1) is 5.92 Å². The number of fused-ring (bicyclic) bond motifs is 2. The van der Waals surface area contributed by atoms with Gasteiger partial charge in [-0.15, -0.1) is 0 Å². The molecular formula is C12H16N8. The smallest absolute Gasteiger partial charge is 0.258 e. The average Bonchev–Trinajstić information content (AvgIpc) is 3.23. The molecule has 3 heterocycles. The van der Waals surface area contributed by atoms with Crippen molar-refractivity contribution in [2.75, 3.05) is 23.8 Å². The molecule has 2 unspecified atom stereocenters. The van der Waals surface area contributed by atoms with Crippen LogP contribution in [-0.4, -0.2) is 49.4 Å². The van der Waals surface area contributed by atoms with E-state index in [-0.39, 0.29) is 0 Å². The lowest BCUT2D eigenvalue weighted by molar-refractivity contribution is 0.545. The Morgan fingerprint density at radius 3 is 2.75 bits per heavy atom. The van der Waals surface area contributed by atoms with E-state index in [9.17, 15) is 0 Å². The van der Waals surface area contributed by atoms with Crippen molar-refractivity contribution in [3.8, 4) is 5.95 Å². The number of anilines is 2. The molecule has 8 heteroatoms. The molecule has 1 aliphatic carbocycles. The van der Waals surface area contributed by atoms with E-state index < -0.39 is 0 Å². The van der Waals surface area contributed by atoms with Gasteiger partial charge in [0.05, 0.1) is 0 Å². The van der Waals surface area contributed by atoms with Crippen LogP contribution in [0.3, 0.4) is 0 Å². The maximum Gasteiger partial charge on any atom is 0.258 e. The highest BCUT2D eigenvalue weighted by atomic mass is 15.4. The number of nitrogens with one attached hydrogen (secondary N) is 1. The van der Waals surface area contributed by atoms with E-state index >= 15 is 0 Å². The third-order valence-corrected chi connectivity index (χ3v) is 4.13. The Morgan fingerprint density at radius 2 is 2.10 bits per heavy atom. The topological polar surface area (TPSA) is 84.7 Å². The average molecular weight is 272 g/mol. The van der Waals surface area contributed by atoms with Gasteiger partial charge >= 0.3 is 0 Å². The van der Waals surface area contributed by atoms with Crippen LogP contribution in [0.4, 0.5) is 11.9 Å². The van der Waals surface area contributed by atoms with Crippen LogP contribution in [-0.2, 0) is 0 Å². The first kappa shape index (κ1) is 11.6. The van der Waals surface area contributed by atoms with Crippen LogP contribution in [0.5, 0.6) is 0 Å². The summed E-state index contributed by atoms with van der Waals surface area (Å²) in [6, 6.07) is 0.579. The fraction of sp³-hybridized carbons (Fsp3) is 0.583. The SMILES string of the molecule is CNc1nc(N2CC3CCC2C3)nc(-n2cncn2)n1. The predicted octanol–water partition coefficient (Wildman–Crippen LogP) is 0.483. The van der Waals surface area contributed by atoms with Crippen molar-refractivity contribution in [2.45, 2.75) is 25.3 Å². The van der Waals surface area contributed by atoms with Gasteiger partial charge in [0, 0.05) is 19.6 Å². The molecule has 2 bridgehead atoms. The predicted molar refractivity (Wildman–Crippen MR) is 72.8 cm³/mol. The number of hydrogen-bond donors (Lipinski definition) is 1. The standard InChI is InChI=1S/C12H16N8/c1-13-10-16-11(19-5-8-2-3-9(19)4-8)18-12(17-10)20-7-14-6-15-20/h6-9H,2-5H2,1H3,(H,13,16,17,18). The van der Waals surface area contributed by atoms with Crippen molar-refractivity contribution in [3.05, 3.63) is 12.7 Å². The molecule has 2 fully saturated rings. The van der Waals surface area contributed by atoms with Crippen LogP contribution in [0.15, 0.2) is 12.7 Å². The first-order chi connectivity index (χ1) is 9.83. The number of nitrogens with zero attached hydrogens (tertiary/aromatic N) is 7. The molecule has 1 N–H and O–H groups in total. The van der Waals surface area contributed by atoms with E-state index in [0.717, 1.165) is 18.4 Å². The lowest BCUT2D eigenvalue weighted by Crippen LogP contribution is -2.34. The Labute approximate surface area is 116 Å². The van der Waals surface area contributed by atoms with E-state index in [2.05, 4.69) is 35.3 Å². The Morgan fingerprint density at radius 1 is 1.20 bits per heavy atom. The van der Waals surface area contributed by atoms with Crippen LogP contribution in [0.1, 0.15) is 19.3 Å². The minimum absolute atomic E-state index is 0.500. The molecule has 2 aromatic rings. The summed E-state index contributed by atoms with van der Waals surface area (Å²) in [6.07, 6.45) is 6.90. The molecule has 8 nitrogen and oxygen atoms in total. The summed E-state index contributed by atoms with van der Waals surface area (Å²) in [5.74, 6) is 2.59. The highest BCUT2D eigenvalue weighted by Crippen LogP contribution is 2.39. The van der Waals surface area contributed by atoms with Gasteiger partial charge in [-0.25, -0.2) is 4.98 Å². The van der Waals surface area contributed by atoms with Crippen LogP contribution < -0.4 is 10.2 Å². The Bertz CT molecular complexity index is 610. The molecule has 0 spiro atoms. The van der Waals surface area contributed by atoms with Gasteiger partial charge in [-0.1, -0.05) is 0 Å². The normalized spacial score (nSPS) is 24.4. The maximum atomic E-state index is 4.55. The monoisotopic (exact) mass is 272 g/mol. The third kappa shape index (κ3) is 1.79. The Balaban J connectivity index is 1.74. The fourth-order valence-corrected chi connectivity index (χ4v) is 3.18. The lowest BCUT2D eigenvalue weighted by Gasteiger charge is -2.27. The summed E-state index contributed by atoms with van der Waals surface area (Å²) in [7, 11) is 1.81. The molecule has 1 saturated carbocycles. The van der Waals surface area contributed by atoms with Gasteiger partial charge < -0.3 is 10.2 Å². The summed E-state index contributed by atoms with van der Waals surface area (Å²) < 4.78 is 1.56. The Hall–Kier alpha value is -2.25. The summed E-state index contributed by atoms with van der Waals surface area (Å²) in [6.45, 7) is 1.05. The van der Waals surface area contributed by atoms with E-state index in [1.54, 1.807) is 18.1 Å². The molecule has 0 amide bonds. The Kier molecular flexibility index (Phi) is 2.54. The zero-order chi connectivity index (χ0) is 13.5. The third-order valence-electron chi connectivity index (χ3n) is 4.13.